The molecule has 0 aliphatic rings. The number of benzene rings is 1. The summed E-state index contributed by atoms with van der Waals surface area (Å²) < 4.78 is 13.6. The van der Waals surface area contributed by atoms with Crippen molar-refractivity contribution in [2.75, 3.05) is 0 Å². The number of carbonyl (C=O) groups is 1. The lowest BCUT2D eigenvalue weighted by atomic mass is 10.1. The van der Waals surface area contributed by atoms with Crippen molar-refractivity contribution in [3.63, 3.8) is 0 Å². The van der Waals surface area contributed by atoms with Crippen LogP contribution >= 0.6 is 24.0 Å². The van der Waals surface area contributed by atoms with E-state index in [2.05, 4.69) is 17.6 Å². The molecule has 1 heterocycles. The van der Waals surface area contributed by atoms with Crippen molar-refractivity contribution < 1.29 is 14.3 Å². The van der Waals surface area contributed by atoms with Gasteiger partial charge in [0.25, 0.3) is 0 Å². The van der Waals surface area contributed by atoms with E-state index in [0.29, 0.717) is 14.8 Å². The molecule has 1 N–H and O–H groups in total. The summed E-state index contributed by atoms with van der Waals surface area (Å²) in [5.41, 5.74) is 0.307. The molecule has 0 saturated heterocycles. The fourth-order valence-electron chi connectivity index (χ4n) is 1.27. The summed E-state index contributed by atoms with van der Waals surface area (Å²) in [6.07, 6.45) is 1.53. The highest BCUT2D eigenvalue weighted by atomic mass is 32.2. The van der Waals surface area contributed by atoms with Gasteiger partial charge in [0, 0.05) is 5.56 Å². The van der Waals surface area contributed by atoms with Crippen molar-refractivity contribution >= 4 is 29.9 Å². The lowest BCUT2D eigenvalue weighted by Crippen LogP contribution is -2.00. The largest absolute Gasteiger partial charge is 0.478 e. The number of rotatable bonds is 2. The van der Waals surface area contributed by atoms with Crippen molar-refractivity contribution in [3.8, 4) is 10.6 Å². The second-order valence-electron chi connectivity index (χ2n) is 3.00. The Morgan fingerprint density at radius 1 is 1.50 bits per heavy atom. The highest BCUT2D eigenvalue weighted by molar-refractivity contribution is 7.83. The molecule has 0 radical (unpaired) electrons. The van der Waals surface area contributed by atoms with E-state index < -0.39 is 11.8 Å². The highest BCUT2D eigenvalue weighted by Gasteiger charge is 2.15. The first-order valence-corrected chi connectivity index (χ1v) is 5.52. The summed E-state index contributed by atoms with van der Waals surface area (Å²) in [6.45, 7) is 0. The summed E-state index contributed by atoms with van der Waals surface area (Å²) in [5, 5.41) is 9.47. The quantitative estimate of drug-likeness (QED) is 0.811. The molecule has 0 saturated carbocycles. The minimum Gasteiger partial charge on any atom is -0.478 e. The first-order chi connectivity index (χ1) is 7.58. The molecule has 0 aliphatic heterocycles. The molecule has 1 aromatic heterocycles. The van der Waals surface area contributed by atoms with E-state index >= 15 is 0 Å². The Hall–Kier alpha value is -1.40. The maximum atomic E-state index is 12.9. The van der Waals surface area contributed by atoms with E-state index in [0.717, 1.165) is 6.07 Å². The zero-order valence-electron chi connectivity index (χ0n) is 7.85. The summed E-state index contributed by atoms with van der Waals surface area (Å²) in [7, 11) is 0. The van der Waals surface area contributed by atoms with Crippen LogP contribution in [0.25, 0.3) is 10.6 Å². The van der Waals surface area contributed by atoms with Gasteiger partial charge in [-0.05, 0) is 18.2 Å². The van der Waals surface area contributed by atoms with Crippen LogP contribution in [0, 0.1) is 5.82 Å². The molecule has 0 unspecified atom stereocenters. The third-order valence-electron chi connectivity index (χ3n) is 1.94. The average Bonchev–Trinajstić information content (AvgIpc) is 2.64. The molecular formula is C10H6FNO2S2. The molecule has 0 fully saturated rings. The number of thiol groups is 1. The minimum absolute atomic E-state index is 0.0947. The maximum absolute atomic E-state index is 12.9. The van der Waals surface area contributed by atoms with Gasteiger partial charge in [0.05, 0.1) is 16.0 Å². The number of thiazole rings is 1. The predicted octanol–water partition coefficient (Wildman–Crippen LogP) is 2.94. The second-order valence-corrected chi connectivity index (χ2v) is 4.81. The van der Waals surface area contributed by atoms with Gasteiger partial charge >= 0.3 is 5.97 Å². The van der Waals surface area contributed by atoms with Gasteiger partial charge in [-0.3, -0.25) is 0 Å². The number of carboxylic acids is 1. The predicted molar refractivity (Wildman–Crippen MR) is 61.7 cm³/mol. The molecule has 3 nitrogen and oxygen atoms in total. The minimum atomic E-state index is -1.18. The zero-order chi connectivity index (χ0) is 11.7. The van der Waals surface area contributed by atoms with Crippen LogP contribution in [0.4, 0.5) is 4.39 Å². The van der Waals surface area contributed by atoms with Gasteiger partial charge in [0.15, 0.2) is 0 Å². The van der Waals surface area contributed by atoms with Gasteiger partial charge in [-0.1, -0.05) is 0 Å². The van der Waals surface area contributed by atoms with Crippen LogP contribution in [0.15, 0.2) is 28.6 Å². The number of aromatic carboxylic acids is 1. The van der Waals surface area contributed by atoms with Crippen LogP contribution in [0.5, 0.6) is 0 Å². The smallest absolute Gasteiger partial charge is 0.336 e. The molecule has 0 bridgehead atoms. The van der Waals surface area contributed by atoms with Crippen LogP contribution in [-0.2, 0) is 0 Å². The number of hydrogen-bond acceptors (Lipinski definition) is 4. The average molecular weight is 255 g/mol. The molecule has 16 heavy (non-hydrogen) atoms. The third-order valence-corrected chi connectivity index (χ3v) is 3.16. The lowest BCUT2D eigenvalue weighted by Gasteiger charge is -2.02. The molecule has 82 valence electrons. The lowest BCUT2D eigenvalue weighted by molar-refractivity contribution is 0.0697. The monoisotopic (exact) mass is 255 g/mol. The summed E-state index contributed by atoms with van der Waals surface area (Å²) in [6, 6.07) is 3.60. The number of carboxylic acid groups (broad SMARTS) is 1. The van der Waals surface area contributed by atoms with E-state index in [9.17, 15) is 9.18 Å². The van der Waals surface area contributed by atoms with E-state index in [1.807, 2.05) is 0 Å². The van der Waals surface area contributed by atoms with Crippen molar-refractivity contribution in [1.82, 2.24) is 4.98 Å². The summed E-state index contributed by atoms with van der Waals surface area (Å²) in [5.74, 6) is -1.76. The standard InChI is InChI=1S/C10H6FNO2S2/c11-5-1-2-6(7(3-5)10(13)14)9-12-4-8(15)16-9/h1-4,15H,(H,13,14). The Bertz CT molecular complexity index is 554. The van der Waals surface area contributed by atoms with E-state index in [1.54, 1.807) is 0 Å². The van der Waals surface area contributed by atoms with Crippen LogP contribution < -0.4 is 0 Å². The second kappa shape index (κ2) is 4.23. The Morgan fingerprint density at radius 3 is 2.81 bits per heavy atom. The van der Waals surface area contributed by atoms with Gasteiger partial charge < -0.3 is 5.11 Å². The van der Waals surface area contributed by atoms with Crippen LogP contribution in [0.2, 0.25) is 0 Å². The van der Waals surface area contributed by atoms with Crippen LogP contribution in [0.3, 0.4) is 0 Å². The van der Waals surface area contributed by atoms with Gasteiger partial charge in [-0.15, -0.1) is 24.0 Å². The molecule has 2 aromatic rings. The van der Waals surface area contributed by atoms with Gasteiger partial charge in [-0.25, -0.2) is 14.2 Å². The number of nitrogens with zero attached hydrogens (tertiary/aromatic N) is 1. The topological polar surface area (TPSA) is 50.2 Å². The van der Waals surface area contributed by atoms with Crippen LogP contribution in [0.1, 0.15) is 10.4 Å². The molecule has 0 aliphatic carbocycles. The maximum Gasteiger partial charge on any atom is 0.336 e. The van der Waals surface area contributed by atoms with Gasteiger partial charge in [0.2, 0.25) is 0 Å². The summed E-state index contributed by atoms with van der Waals surface area (Å²) in [4.78, 5) is 15.0. The Kier molecular flexibility index (Phi) is 2.93. The van der Waals surface area contributed by atoms with E-state index in [-0.39, 0.29) is 5.56 Å². The first-order valence-electron chi connectivity index (χ1n) is 4.26. The van der Waals surface area contributed by atoms with Gasteiger partial charge in [0.1, 0.15) is 10.8 Å². The SMILES string of the molecule is O=C(O)c1cc(F)ccc1-c1ncc(S)s1. The van der Waals surface area contributed by atoms with Crippen molar-refractivity contribution in [2.24, 2.45) is 0 Å². The number of hydrogen-bond donors (Lipinski definition) is 2. The van der Waals surface area contributed by atoms with Crippen molar-refractivity contribution in [2.45, 2.75) is 4.21 Å². The van der Waals surface area contributed by atoms with Gasteiger partial charge in [-0.2, -0.15) is 0 Å². The molecule has 6 heteroatoms. The van der Waals surface area contributed by atoms with Crippen molar-refractivity contribution in [1.29, 1.82) is 0 Å². The summed E-state index contributed by atoms with van der Waals surface area (Å²) >= 11 is 5.34. The Balaban J connectivity index is 2.60. The molecule has 0 spiro atoms. The third kappa shape index (κ3) is 2.07. The molecule has 2 rings (SSSR count). The Morgan fingerprint density at radius 2 is 2.25 bits per heavy atom. The molecular weight excluding hydrogens is 249 g/mol. The van der Waals surface area contributed by atoms with E-state index in [1.165, 1.54) is 29.7 Å². The van der Waals surface area contributed by atoms with E-state index in [4.69, 9.17) is 5.11 Å². The van der Waals surface area contributed by atoms with Crippen molar-refractivity contribution in [3.05, 3.63) is 35.8 Å². The highest BCUT2D eigenvalue weighted by Crippen LogP contribution is 2.30. The zero-order valence-corrected chi connectivity index (χ0v) is 9.56. The number of halogens is 1. The first kappa shape index (κ1) is 11.1. The normalized spacial score (nSPS) is 10.4. The fourth-order valence-corrected chi connectivity index (χ4v) is 2.28. The fraction of sp³-hybridized carbons (Fsp3) is 0. The number of aromatic nitrogens is 1. The van der Waals surface area contributed by atoms with Crippen LogP contribution in [-0.4, -0.2) is 16.1 Å². The molecule has 0 atom stereocenters. The molecule has 0 amide bonds. The molecule has 1 aromatic carbocycles. The Labute approximate surface area is 100.0 Å².